The maximum Gasteiger partial charge on any atom is -1.00 e. The fourth-order valence-electron chi connectivity index (χ4n) is 5.45. The molecular formula is C50H68Cl2Ti2-2. The second-order valence-electron chi connectivity index (χ2n) is 18.1. The van der Waals surface area contributed by atoms with Gasteiger partial charge < -0.3 is 24.8 Å². The van der Waals surface area contributed by atoms with E-state index in [0.717, 1.165) is 12.8 Å². The van der Waals surface area contributed by atoms with Gasteiger partial charge in [-0.1, -0.05) is 117 Å². The van der Waals surface area contributed by atoms with E-state index in [1.807, 2.05) is 0 Å². The number of fused-ring (bicyclic) bond motifs is 2. The molecule has 0 aliphatic heterocycles. The second-order valence-corrected chi connectivity index (χ2v) is 21.2. The van der Waals surface area contributed by atoms with Gasteiger partial charge in [-0.2, -0.15) is 23.3 Å². The van der Waals surface area contributed by atoms with Gasteiger partial charge in [0.15, 0.2) is 0 Å². The first-order chi connectivity index (χ1) is 23.9. The number of benzene rings is 2. The van der Waals surface area contributed by atoms with Gasteiger partial charge in [0.25, 0.3) is 0 Å². The van der Waals surface area contributed by atoms with E-state index in [0.29, 0.717) is 10.8 Å². The first-order valence-electron chi connectivity index (χ1n) is 18.7. The van der Waals surface area contributed by atoms with Gasteiger partial charge in [-0.3, -0.25) is 12.2 Å². The van der Waals surface area contributed by atoms with E-state index in [9.17, 15) is 0 Å². The molecule has 0 fully saturated rings. The van der Waals surface area contributed by atoms with Crippen LogP contribution in [0.2, 0.25) is 0 Å². The molecule has 2 aliphatic carbocycles. The monoisotopic (exact) mass is 834 g/mol. The molecule has 0 amide bonds. The molecule has 0 bridgehead atoms. The van der Waals surface area contributed by atoms with Gasteiger partial charge in [0.05, 0.1) is 0 Å². The summed E-state index contributed by atoms with van der Waals surface area (Å²) in [5.41, 5.74) is 6.88. The normalized spacial score (nSPS) is 13.0. The Balaban J connectivity index is 0. The van der Waals surface area contributed by atoms with Crippen LogP contribution in [0.1, 0.15) is 135 Å². The average Bonchev–Trinajstić information content (AvgIpc) is 3.83. The fraction of sp³-hybridized carbons (Fsp3) is 0.440. The van der Waals surface area contributed by atoms with Crippen molar-refractivity contribution in [1.82, 2.24) is 0 Å². The molecule has 6 rings (SSSR count). The Bertz CT molecular complexity index is 1680. The van der Waals surface area contributed by atoms with E-state index in [1.54, 1.807) is 0 Å². The number of halogens is 2. The van der Waals surface area contributed by atoms with Gasteiger partial charge in [-0.25, -0.2) is 12.2 Å². The third-order valence-corrected chi connectivity index (χ3v) is 8.10. The van der Waals surface area contributed by atoms with Crippen LogP contribution < -0.4 is 24.8 Å². The minimum Gasteiger partial charge on any atom is -1.00 e. The third kappa shape index (κ3) is 21.0. The van der Waals surface area contributed by atoms with E-state index in [-0.39, 0.29) is 35.6 Å². The maximum atomic E-state index is 3.16. The van der Waals surface area contributed by atoms with Crippen molar-refractivity contribution >= 4 is 29.2 Å². The molecule has 0 atom stereocenters. The van der Waals surface area contributed by atoms with Crippen LogP contribution in [0.25, 0.3) is 21.5 Å². The van der Waals surface area contributed by atoms with Crippen molar-refractivity contribution in [3.8, 4) is 0 Å². The minimum absolute atomic E-state index is 0. The van der Waals surface area contributed by atoms with Crippen LogP contribution in [0.15, 0.2) is 108 Å². The molecular weight excluding hydrogens is 767 g/mol. The third-order valence-electron chi connectivity index (χ3n) is 8.10. The molecule has 0 N–H and O–H groups in total. The Morgan fingerprint density at radius 3 is 0.981 bits per heavy atom. The summed E-state index contributed by atoms with van der Waals surface area (Å²) in [5, 5.41) is 5.50. The molecule has 292 valence electrons. The van der Waals surface area contributed by atoms with E-state index in [2.05, 4.69) is 260 Å². The van der Waals surface area contributed by atoms with Crippen LogP contribution in [0.3, 0.4) is 0 Å². The van der Waals surface area contributed by atoms with Crippen molar-refractivity contribution < 1.29 is 64.8 Å². The molecule has 4 heteroatoms. The molecule has 4 aromatic carbocycles. The maximum absolute atomic E-state index is 3.16. The molecule has 2 aliphatic rings. The van der Waals surface area contributed by atoms with Crippen molar-refractivity contribution in [2.24, 2.45) is 10.8 Å². The predicted molar refractivity (Wildman–Crippen MR) is 229 cm³/mol. The molecule has 0 saturated carbocycles. The molecule has 4 aromatic rings. The van der Waals surface area contributed by atoms with Gasteiger partial charge in [0.2, 0.25) is 0 Å². The summed E-state index contributed by atoms with van der Waals surface area (Å²) in [6, 6.07) is 26.0. The van der Waals surface area contributed by atoms with Crippen LogP contribution in [0.5, 0.6) is 0 Å². The van der Waals surface area contributed by atoms with Crippen molar-refractivity contribution in [1.29, 1.82) is 0 Å². The smallest absolute Gasteiger partial charge is 1.00 e. The molecule has 0 aromatic heterocycles. The molecule has 0 heterocycles. The van der Waals surface area contributed by atoms with Crippen LogP contribution >= 0.6 is 0 Å². The van der Waals surface area contributed by atoms with Gasteiger partial charge >= 0.3 is 75.3 Å². The summed E-state index contributed by atoms with van der Waals surface area (Å²) in [4.78, 5) is 0. The number of rotatable bonds is 0. The SMILES string of the molecule is CC(C)(C)C1=CC[C-]=C1.CC(C)(C)C1=CC[C-]=C1.CC(C)(C)c1c[cH-]c2ccccc12.CC(C)(C)c1c[cH-]c2ccccc12.C[C](C)=[Ti+2].C[C](C)=[Ti+2].[Cl-].[Cl-]. The zero-order chi connectivity index (χ0) is 39.9. The summed E-state index contributed by atoms with van der Waals surface area (Å²) in [5.74, 6) is 0. The van der Waals surface area contributed by atoms with Crippen LogP contribution in [-0.2, 0) is 50.8 Å². The van der Waals surface area contributed by atoms with E-state index < -0.39 is 0 Å². The number of hydrogen-bond donors (Lipinski definition) is 0. The van der Waals surface area contributed by atoms with E-state index in [4.69, 9.17) is 0 Å². The van der Waals surface area contributed by atoms with E-state index >= 15 is 0 Å². The van der Waals surface area contributed by atoms with Gasteiger partial charge in [0.1, 0.15) is 0 Å². The Labute approximate surface area is 367 Å². The number of hydrogen-bond acceptors (Lipinski definition) is 0. The first kappa shape index (κ1) is 54.5. The van der Waals surface area contributed by atoms with Crippen LogP contribution in [0.4, 0.5) is 0 Å². The quantitative estimate of drug-likeness (QED) is 0.123. The molecule has 54 heavy (non-hydrogen) atoms. The van der Waals surface area contributed by atoms with Gasteiger partial charge in [-0.15, -0.1) is 106 Å². The van der Waals surface area contributed by atoms with Gasteiger partial charge in [-0.05, 0) is 0 Å². The zero-order valence-corrected chi connectivity index (χ0v) is 41.0. The Morgan fingerprint density at radius 2 is 0.778 bits per heavy atom. The molecule has 0 spiro atoms. The molecule has 0 nitrogen and oxygen atoms in total. The Hall–Kier alpha value is -1.63. The standard InChI is InChI=1S/2C13H15.2C9H13.2C3H6.2ClH.2Ti/c2*1-13(2,3)12-9-8-10-6-4-5-7-11(10)12;2*1-9(2,3)8-6-4-5-7-8;2*1-3-2;;;;/h2*4-9H,1-3H3;2*6-7H,4H2,1-3H3;2*1-2H3;2*1H;;/q4*-1;;;;;2*+2/p-2. The molecule has 0 unspecified atom stereocenters. The van der Waals surface area contributed by atoms with Crippen molar-refractivity contribution in [3.05, 3.63) is 132 Å². The largest absolute Gasteiger partial charge is 1.00 e. The predicted octanol–water partition coefficient (Wildman–Crippen LogP) is 8.66. The van der Waals surface area contributed by atoms with Crippen molar-refractivity contribution in [2.45, 2.75) is 134 Å². The van der Waals surface area contributed by atoms with Crippen molar-refractivity contribution in [2.75, 3.05) is 0 Å². The van der Waals surface area contributed by atoms with Crippen LogP contribution in [0, 0.1) is 23.0 Å². The summed E-state index contributed by atoms with van der Waals surface area (Å²) >= 11 is 4.17. The molecule has 0 radical (unpaired) electrons. The summed E-state index contributed by atoms with van der Waals surface area (Å²) < 4.78 is 2.83. The average molecular weight is 836 g/mol. The Morgan fingerprint density at radius 1 is 0.500 bits per heavy atom. The Kier molecular flexibility index (Phi) is 25.1. The minimum atomic E-state index is 0. The topological polar surface area (TPSA) is 0 Å². The van der Waals surface area contributed by atoms with Crippen molar-refractivity contribution in [3.63, 3.8) is 0 Å². The van der Waals surface area contributed by atoms with E-state index in [1.165, 1.54) is 51.4 Å². The summed E-state index contributed by atoms with van der Waals surface area (Å²) in [6.07, 6.45) is 17.0. The van der Waals surface area contributed by atoms with Crippen LogP contribution in [-0.4, -0.2) is 7.62 Å². The summed E-state index contributed by atoms with van der Waals surface area (Å²) in [6.45, 7) is 35.2. The zero-order valence-electron chi connectivity index (χ0n) is 36.4. The first-order valence-corrected chi connectivity index (χ1v) is 20.3. The number of allylic oxidation sites excluding steroid dienone is 8. The second kappa shape index (κ2) is 24.9. The summed E-state index contributed by atoms with van der Waals surface area (Å²) in [7, 11) is 0. The van der Waals surface area contributed by atoms with Gasteiger partial charge in [0, 0.05) is 0 Å². The molecule has 0 saturated heterocycles. The fourth-order valence-corrected chi connectivity index (χ4v) is 5.45.